The van der Waals surface area contributed by atoms with Crippen LogP contribution in [0.25, 0.3) is 5.82 Å². The first-order valence-corrected chi connectivity index (χ1v) is 6.77. The lowest BCUT2D eigenvalue weighted by molar-refractivity contribution is 0.00578. The SMILES string of the molecule is CC1(C)OB(c2cnn(-c3cncc(N)n3)c2)OC1(C)C. The standard InChI is InChI=1S/C13H18BN5O2/c1-12(2)13(3,4)21-14(20-12)9-5-17-19(8-9)11-7-16-6-10(15)18-11/h5-8H,1-4H3,(H2,15,18). The Hall–Kier alpha value is -1.93. The zero-order valence-corrected chi connectivity index (χ0v) is 12.6. The molecule has 1 aliphatic heterocycles. The lowest BCUT2D eigenvalue weighted by Gasteiger charge is -2.32. The molecule has 2 aromatic heterocycles. The molecule has 0 spiro atoms. The van der Waals surface area contributed by atoms with Gasteiger partial charge in [-0.3, -0.25) is 4.98 Å². The van der Waals surface area contributed by atoms with Crippen molar-refractivity contribution in [2.75, 3.05) is 5.73 Å². The first-order chi connectivity index (χ1) is 9.78. The van der Waals surface area contributed by atoms with Crippen LogP contribution in [0.2, 0.25) is 0 Å². The Bertz CT molecular complexity index is 654. The Labute approximate surface area is 123 Å². The van der Waals surface area contributed by atoms with Crippen molar-refractivity contribution in [3.8, 4) is 5.82 Å². The maximum absolute atomic E-state index is 5.99. The summed E-state index contributed by atoms with van der Waals surface area (Å²) >= 11 is 0. The van der Waals surface area contributed by atoms with Crippen LogP contribution in [0.1, 0.15) is 27.7 Å². The van der Waals surface area contributed by atoms with Crippen LogP contribution in [0.5, 0.6) is 0 Å². The van der Waals surface area contributed by atoms with Crippen LogP contribution in [0.4, 0.5) is 5.82 Å². The lowest BCUT2D eigenvalue weighted by Crippen LogP contribution is -2.41. The molecule has 0 unspecified atom stereocenters. The molecule has 1 saturated heterocycles. The predicted molar refractivity (Wildman–Crippen MR) is 79.3 cm³/mol. The van der Waals surface area contributed by atoms with Crippen molar-refractivity contribution in [2.24, 2.45) is 0 Å². The van der Waals surface area contributed by atoms with Crippen LogP contribution < -0.4 is 11.2 Å². The monoisotopic (exact) mass is 287 g/mol. The molecule has 1 aliphatic rings. The van der Waals surface area contributed by atoms with Gasteiger partial charge in [-0.25, -0.2) is 9.67 Å². The molecule has 110 valence electrons. The lowest BCUT2D eigenvalue weighted by atomic mass is 9.82. The van der Waals surface area contributed by atoms with Gasteiger partial charge >= 0.3 is 7.12 Å². The van der Waals surface area contributed by atoms with Crippen molar-refractivity contribution in [1.82, 2.24) is 19.7 Å². The summed E-state index contributed by atoms with van der Waals surface area (Å²) in [7, 11) is -0.447. The number of nitrogens with zero attached hydrogens (tertiary/aromatic N) is 4. The first-order valence-electron chi connectivity index (χ1n) is 6.77. The number of hydrogen-bond acceptors (Lipinski definition) is 6. The van der Waals surface area contributed by atoms with Crippen LogP contribution >= 0.6 is 0 Å². The van der Waals surface area contributed by atoms with Crippen LogP contribution in [0.15, 0.2) is 24.8 Å². The molecule has 0 atom stereocenters. The zero-order chi connectivity index (χ0) is 15.3. The molecule has 8 heteroatoms. The third-order valence-electron chi connectivity index (χ3n) is 4.00. The van der Waals surface area contributed by atoms with E-state index < -0.39 is 7.12 Å². The average molecular weight is 287 g/mol. The van der Waals surface area contributed by atoms with Crippen molar-refractivity contribution < 1.29 is 9.31 Å². The molecule has 7 nitrogen and oxygen atoms in total. The second-order valence-electron chi connectivity index (χ2n) is 6.11. The van der Waals surface area contributed by atoms with Gasteiger partial charge in [-0.1, -0.05) is 0 Å². The van der Waals surface area contributed by atoms with E-state index in [9.17, 15) is 0 Å². The van der Waals surface area contributed by atoms with Gasteiger partial charge in [0, 0.05) is 17.9 Å². The largest absolute Gasteiger partial charge is 0.498 e. The molecule has 3 heterocycles. The highest BCUT2D eigenvalue weighted by Crippen LogP contribution is 2.36. The van der Waals surface area contributed by atoms with Gasteiger partial charge < -0.3 is 15.0 Å². The fourth-order valence-electron chi connectivity index (χ4n) is 2.04. The second kappa shape index (κ2) is 4.54. The molecule has 21 heavy (non-hydrogen) atoms. The highest BCUT2D eigenvalue weighted by Gasteiger charge is 2.52. The minimum atomic E-state index is -0.447. The van der Waals surface area contributed by atoms with E-state index >= 15 is 0 Å². The normalized spacial score (nSPS) is 19.9. The predicted octanol–water partition coefficient (Wildman–Crippen LogP) is 0.544. The van der Waals surface area contributed by atoms with Gasteiger partial charge in [0.05, 0.1) is 23.6 Å². The highest BCUT2D eigenvalue weighted by atomic mass is 16.7. The van der Waals surface area contributed by atoms with E-state index in [4.69, 9.17) is 15.0 Å². The molecule has 1 fully saturated rings. The fourth-order valence-corrected chi connectivity index (χ4v) is 2.04. The maximum atomic E-state index is 5.99. The van der Waals surface area contributed by atoms with Gasteiger partial charge in [-0.15, -0.1) is 0 Å². The Morgan fingerprint density at radius 1 is 1.10 bits per heavy atom. The maximum Gasteiger partial charge on any atom is 0.498 e. The Morgan fingerprint density at radius 3 is 2.38 bits per heavy atom. The summed E-state index contributed by atoms with van der Waals surface area (Å²) in [6, 6.07) is 0. The summed E-state index contributed by atoms with van der Waals surface area (Å²) in [6.45, 7) is 8.06. The summed E-state index contributed by atoms with van der Waals surface area (Å²) in [5.41, 5.74) is 5.71. The van der Waals surface area contributed by atoms with Gasteiger partial charge in [0.15, 0.2) is 5.82 Å². The Balaban J connectivity index is 1.87. The van der Waals surface area contributed by atoms with E-state index in [2.05, 4.69) is 15.1 Å². The van der Waals surface area contributed by atoms with E-state index in [-0.39, 0.29) is 11.2 Å². The number of nitrogens with two attached hydrogens (primary N) is 1. The Morgan fingerprint density at radius 2 is 1.76 bits per heavy atom. The van der Waals surface area contributed by atoms with Crippen LogP contribution in [-0.2, 0) is 9.31 Å². The summed E-state index contributed by atoms with van der Waals surface area (Å²) in [5.74, 6) is 0.901. The summed E-state index contributed by atoms with van der Waals surface area (Å²) in [5, 5.41) is 4.27. The van der Waals surface area contributed by atoms with Crippen molar-refractivity contribution in [1.29, 1.82) is 0 Å². The molecule has 2 aromatic rings. The summed E-state index contributed by atoms with van der Waals surface area (Å²) in [6.07, 6.45) is 6.60. The van der Waals surface area contributed by atoms with E-state index in [1.165, 1.54) is 6.20 Å². The quantitative estimate of drug-likeness (QED) is 0.811. The fraction of sp³-hybridized carbons (Fsp3) is 0.462. The van der Waals surface area contributed by atoms with E-state index in [0.717, 1.165) is 5.46 Å². The zero-order valence-electron chi connectivity index (χ0n) is 12.6. The molecule has 0 aliphatic carbocycles. The smallest absolute Gasteiger partial charge is 0.399 e. The minimum absolute atomic E-state index is 0.347. The number of aromatic nitrogens is 4. The topological polar surface area (TPSA) is 88.1 Å². The summed E-state index contributed by atoms with van der Waals surface area (Å²) < 4.78 is 13.6. The molecule has 0 bridgehead atoms. The Kier molecular flexibility index (Phi) is 3.03. The number of nitrogen functional groups attached to an aromatic ring is 1. The van der Waals surface area contributed by atoms with Gasteiger partial charge in [-0.2, -0.15) is 5.10 Å². The molecule has 0 radical (unpaired) electrons. The van der Waals surface area contributed by atoms with Crippen LogP contribution in [-0.4, -0.2) is 38.1 Å². The first kappa shape index (κ1) is 14.0. The van der Waals surface area contributed by atoms with Crippen molar-refractivity contribution in [3.05, 3.63) is 24.8 Å². The molecule has 0 saturated carbocycles. The van der Waals surface area contributed by atoms with Gasteiger partial charge in [0.2, 0.25) is 0 Å². The van der Waals surface area contributed by atoms with Gasteiger partial charge in [-0.05, 0) is 27.7 Å². The van der Waals surface area contributed by atoms with E-state index in [1.54, 1.807) is 17.1 Å². The van der Waals surface area contributed by atoms with Crippen molar-refractivity contribution in [2.45, 2.75) is 38.9 Å². The van der Waals surface area contributed by atoms with Crippen molar-refractivity contribution >= 4 is 18.4 Å². The minimum Gasteiger partial charge on any atom is -0.399 e. The highest BCUT2D eigenvalue weighted by molar-refractivity contribution is 6.62. The summed E-state index contributed by atoms with van der Waals surface area (Å²) in [4.78, 5) is 8.18. The molecule has 0 aromatic carbocycles. The van der Waals surface area contributed by atoms with E-state index in [1.807, 2.05) is 33.9 Å². The van der Waals surface area contributed by atoms with Crippen LogP contribution in [0, 0.1) is 0 Å². The number of rotatable bonds is 2. The molecular weight excluding hydrogens is 269 g/mol. The van der Waals surface area contributed by atoms with Gasteiger partial charge in [0.25, 0.3) is 0 Å². The van der Waals surface area contributed by atoms with Gasteiger partial charge in [0.1, 0.15) is 5.82 Å². The molecule has 0 amide bonds. The molecule has 3 rings (SSSR count). The third-order valence-corrected chi connectivity index (χ3v) is 4.00. The van der Waals surface area contributed by atoms with E-state index in [0.29, 0.717) is 11.6 Å². The molecular formula is C13H18BN5O2. The second-order valence-corrected chi connectivity index (χ2v) is 6.11. The van der Waals surface area contributed by atoms with Crippen LogP contribution in [0.3, 0.4) is 0 Å². The third kappa shape index (κ3) is 2.40. The van der Waals surface area contributed by atoms with Crippen molar-refractivity contribution in [3.63, 3.8) is 0 Å². The average Bonchev–Trinajstić information content (AvgIpc) is 2.93. The number of anilines is 1. The molecule has 2 N–H and O–H groups in total. The number of hydrogen-bond donors (Lipinski definition) is 1.